The maximum Gasteiger partial charge on any atom is 0.345 e. The van der Waals surface area contributed by atoms with E-state index in [4.69, 9.17) is 5.11 Å². The highest BCUT2D eigenvalue weighted by Gasteiger charge is 2.24. The van der Waals surface area contributed by atoms with E-state index in [1.807, 2.05) is 0 Å². The molecule has 1 saturated heterocycles. The lowest BCUT2D eigenvalue weighted by atomic mass is 10.7. The Labute approximate surface area is 50.0 Å². The second-order valence-electron chi connectivity index (χ2n) is 1.17. The van der Waals surface area contributed by atoms with Crippen LogP contribution in [0.1, 0.15) is 0 Å². The minimum Gasteiger partial charge on any atom is -0.479 e. The molecule has 46 valence electrons. The van der Waals surface area contributed by atoms with Crippen molar-refractivity contribution in [3.63, 3.8) is 0 Å². The Morgan fingerprint density at radius 1 is 1.88 bits per heavy atom. The van der Waals surface area contributed by atoms with E-state index in [9.17, 15) is 4.79 Å². The molecule has 0 amide bonds. The zero-order valence-corrected chi connectivity index (χ0v) is 4.68. The predicted molar refractivity (Wildman–Crippen MR) is 26.1 cm³/mol. The molecular weight excluding hydrogens is 132 g/mol. The zero-order chi connectivity index (χ0) is 5.98. The van der Waals surface area contributed by atoms with E-state index in [0.29, 0.717) is 0 Å². The van der Waals surface area contributed by atoms with E-state index < -0.39 is 11.4 Å². The Kier molecular flexibility index (Phi) is 1.72. The summed E-state index contributed by atoms with van der Waals surface area (Å²) >= 11 is 0.829. The molecule has 0 spiro atoms. The summed E-state index contributed by atoms with van der Waals surface area (Å²) in [6, 6.07) is 0. The molecule has 1 aliphatic heterocycles. The third-order valence-electron chi connectivity index (χ3n) is 0.625. The average Bonchev–Trinajstić information content (AvgIpc) is 2.12. The van der Waals surface area contributed by atoms with Gasteiger partial charge >= 0.3 is 5.97 Å². The summed E-state index contributed by atoms with van der Waals surface area (Å²) < 4.78 is 9.09. The van der Waals surface area contributed by atoms with Crippen molar-refractivity contribution in [2.24, 2.45) is 0 Å². The van der Waals surface area contributed by atoms with Crippen LogP contribution in [0.4, 0.5) is 0 Å². The highest BCUT2D eigenvalue weighted by Crippen LogP contribution is 2.20. The van der Waals surface area contributed by atoms with Gasteiger partial charge in [0.2, 0.25) is 5.44 Å². The van der Waals surface area contributed by atoms with E-state index in [0.717, 1.165) is 12.0 Å². The van der Waals surface area contributed by atoms with E-state index >= 15 is 0 Å². The quantitative estimate of drug-likeness (QED) is 0.516. The number of carboxylic acid groups (broad SMARTS) is 1. The summed E-state index contributed by atoms with van der Waals surface area (Å²) in [6.07, 6.45) is 0. The Morgan fingerprint density at radius 3 is 2.88 bits per heavy atom. The van der Waals surface area contributed by atoms with Crippen LogP contribution >= 0.6 is 12.0 Å². The fraction of sp³-hybridized carbons (Fsp3) is 0.667. The maximum absolute atomic E-state index is 9.98. The average molecular weight is 136 g/mol. The number of carbonyl (C=O) groups is 1. The first kappa shape index (κ1) is 5.87. The zero-order valence-electron chi connectivity index (χ0n) is 3.86. The van der Waals surface area contributed by atoms with Gasteiger partial charge in [-0.05, 0) is 0 Å². The third-order valence-corrected chi connectivity index (χ3v) is 1.37. The minimum atomic E-state index is -0.993. The molecule has 1 rings (SSSR count). The number of hydrogen-bond acceptors (Lipinski definition) is 4. The maximum atomic E-state index is 9.98. The molecule has 0 radical (unpaired) electrons. The van der Waals surface area contributed by atoms with Crippen molar-refractivity contribution in [2.75, 3.05) is 6.79 Å². The van der Waals surface area contributed by atoms with Crippen molar-refractivity contribution in [1.82, 2.24) is 0 Å². The molecule has 0 aromatic rings. The van der Waals surface area contributed by atoms with Crippen molar-refractivity contribution in [1.29, 1.82) is 0 Å². The van der Waals surface area contributed by atoms with Crippen LogP contribution in [-0.2, 0) is 13.7 Å². The number of carboxylic acids is 1. The molecule has 1 aliphatic rings. The molecule has 0 bridgehead atoms. The molecule has 0 aromatic carbocycles. The Morgan fingerprint density at radius 2 is 2.62 bits per heavy atom. The van der Waals surface area contributed by atoms with Gasteiger partial charge in [-0.2, -0.15) is 0 Å². The fourth-order valence-electron chi connectivity index (χ4n) is 0.319. The summed E-state index contributed by atoms with van der Waals surface area (Å²) in [5.74, 6) is -0.993. The van der Waals surface area contributed by atoms with Crippen LogP contribution in [0.3, 0.4) is 0 Å². The number of ether oxygens (including phenoxy) is 1. The van der Waals surface area contributed by atoms with Crippen LogP contribution in [0.5, 0.6) is 0 Å². The summed E-state index contributed by atoms with van der Waals surface area (Å²) in [7, 11) is 0. The first-order valence-corrected chi connectivity index (χ1v) is 2.74. The number of aliphatic carboxylic acids is 1. The van der Waals surface area contributed by atoms with Gasteiger partial charge in [-0.3, -0.25) is 4.18 Å². The van der Waals surface area contributed by atoms with E-state index in [2.05, 4.69) is 8.92 Å². The van der Waals surface area contributed by atoms with Crippen LogP contribution in [-0.4, -0.2) is 23.3 Å². The van der Waals surface area contributed by atoms with Gasteiger partial charge in [0.05, 0.1) is 0 Å². The molecule has 8 heavy (non-hydrogen) atoms. The van der Waals surface area contributed by atoms with Crippen LogP contribution < -0.4 is 0 Å². The van der Waals surface area contributed by atoms with Crippen LogP contribution in [0.15, 0.2) is 0 Å². The van der Waals surface area contributed by atoms with Gasteiger partial charge in [0.1, 0.15) is 0 Å². The topological polar surface area (TPSA) is 55.8 Å². The van der Waals surface area contributed by atoms with Crippen LogP contribution in [0.2, 0.25) is 0 Å². The van der Waals surface area contributed by atoms with Crippen molar-refractivity contribution in [3.8, 4) is 0 Å². The molecule has 1 fully saturated rings. The molecule has 1 N–H and O–H groups in total. The Hall–Kier alpha value is -0.260. The first-order chi connectivity index (χ1) is 3.80. The number of hydrogen-bond donors (Lipinski definition) is 1. The second kappa shape index (κ2) is 2.34. The SMILES string of the molecule is O=C(O)C1OCOS1. The van der Waals surface area contributed by atoms with Gasteiger partial charge < -0.3 is 9.84 Å². The molecule has 1 atom stereocenters. The highest BCUT2D eigenvalue weighted by molar-refractivity contribution is 7.96. The molecule has 4 nitrogen and oxygen atoms in total. The van der Waals surface area contributed by atoms with Crippen molar-refractivity contribution >= 4 is 18.0 Å². The largest absolute Gasteiger partial charge is 0.479 e. The normalized spacial score (nSPS) is 28.2. The van der Waals surface area contributed by atoms with Gasteiger partial charge in [-0.15, -0.1) is 0 Å². The molecule has 5 heteroatoms. The van der Waals surface area contributed by atoms with Crippen molar-refractivity contribution in [3.05, 3.63) is 0 Å². The van der Waals surface area contributed by atoms with Crippen LogP contribution in [0.25, 0.3) is 0 Å². The van der Waals surface area contributed by atoms with Gasteiger partial charge in [-0.1, -0.05) is 0 Å². The predicted octanol–water partition coefficient (Wildman–Crippen LogP) is 0.0496. The van der Waals surface area contributed by atoms with E-state index in [1.54, 1.807) is 0 Å². The molecular formula is C3H4O4S. The summed E-state index contributed by atoms with van der Waals surface area (Å²) in [4.78, 5) is 9.98. The lowest BCUT2D eigenvalue weighted by Crippen LogP contribution is -2.14. The Balaban J connectivity index is 2.35. The van der Waals surface area contributed by atoms with Gasteiger partial charge in [-0.25, -0.2) is 4.79 Å². The minimum absolute atomic E-state index is 0.0711. The molecule has 1 unspecified atom stereocenters. The smallest absolute Gasteiger partial charge is 0.345 e. The van der Waals surface area contributed by atoms with Crippen LogP contribution in [0, 0.1) is 0 Å². The van der Waals surface area contributed by atoms with Crippen molar-refractivity contribution < 1.29 is 18.8 Å². The number of rotatable bonds is 1. The lowest BCUT2D eigenvalue weighted by molar-refractivity contribution is -0.144. The summed E-state index contributed by atoms with van der Waals surface area (Å²) in [6.45, 7) is 0.0711. The standard InChI is InChI=1S/C3H4O4S/c4-2(5)3-6-1-7-8-3/h3H,1H2,(H,4,5). The van der Waals surface area contributed by atoms with Gasteiger partial charge in [0.25, 0.3) is 0 Å². The lowest BCUT2D eigenvalue weighted by Gasteiger charge is -1.94. The van der Waals surface area contributed by atoms with E-state index in [1.165, 1.54) is 0 Å². The van der Waals surface area contributed by atoms with Gasteiger partial charge in [0, 0.05) is 12.0 Å². The molecule has 1 heterocycles. The fourth-order valence-corrected chi connectivity index (χ4v) is 0.748. The third kappa shape index (κ3) is 1.12. The van der Waals surface area contributed by atoms with E-state index in [-0.39, 0.29) is 6.79 Å². The summed E-state index contributed by atoms with van der Waals surface area (Å²) in [5.41, 5.74) is -0.824. The van der Waals surface area contributed by atoms with Crippen molar-refractivity contribution in [2.45, 2.75) is 5.44 Å². The molecule has 0 saturated carbocycles. The Bertz CT molecular complexity index is 97.5. The van der Waals surface area contributed by atoms with Gasteiger partial charge in [0.15, 0.2) is 6.79 Å². The monoisotopic (exact) mass is 136 g/mol. The highest BCUT2D eigenvalue weighted by atomic mass is 32.2. The first-order valence-electron chi connectivity index (χ1n) is 1.93. The summed E-state index contributed by atoms with van der Waals surface area (Å²) in [5, 5.41) is 8.19. The molecule has 0 aromatic heterocycles. The molecule has 0 aliphatic carbocycles. The second-order valence-corrected chi connectivity index (χ2v) is 2.03.